The van der Waals surface area contributed by atoms with Gasteiger partial charge in [-0.2, -0.15) is 0 Å². The maximum Gasteiger partial charge on any atom is 0.0864 e. The summed E-state index contributed by atoms with van der Waals surface area (Å²) in [5, 5.41) is 14.0. The zero-order valence-electron chi connectivity index (χ0n) is 26.0. The van der Waals surface area contributed by atoms with E-state index in [2.05, 4.69) is 180 Å². The Hall–Kier alpha value is -5.00. The third-order valence-corrected chi connectivity index (χ3v) is 10.1. The quantitative estimate of drug-likeness (QED) is 0.190. The summed E-state index contributed by atoms with van der Waals surface area (Å²) >= 11 is 0. The van der Waals surface area contributed by atoms with Crippen molar-refractivity contribution in [2.24, 2.45) is 0 Å². The number of benzene rings is 6. The highest BCUT2D eigenvalue weighted by atomic mass is 15.4. The van der Waals surface area contributed by atoms with E-state index in [0.29, 0.717) is 0 Å². The molecule has 2 heterocycles. The van der Waals surface area contributed by atoms with Crippen molar-refractivity contribution in [3.8, 4) is 16.8 Å². The highest BCUT2D eigenvalue weighted by Crippen LogP contribution is 2.50. The average Bonchev–Trinajstić information content (AvgIpc) is 3.56. The second-order valence-electron chi connectivity index (χ2n) is 13.2. The fourth-order valence-corrected chi connectivity index (χ4v) is 7.77. The molecule has 0 amide bonds. The molecule has 3 N–H and O–H groups in total. The van der Waals surface area contributed by atoms with Gasteiger partial charge in [0.05, 0.1) is 29.5 Å². The number of nitrogens with zero attached hydrogens (tertiary/aromatic N) is 1. The predicted molar refractivity (Wildman–Crippen MR) is 189 cm³/mol. The molecule has 0 bridgehead atoms. The van der Waals surface area contributed by atoms with Crippen LogP contribution < -0.4 is 16.0 Å². The van der Waals surface area contributed by atoms with Crippen LogP contribution in [0.25, 0.3) is 38.6 Å². The number of fused-ring (bicyclic) bond motifs is 6. The first kappa shape index (κ1) is 27.3. The minimum Gasteiger partial charge on any atom is -0.309 e. The number of hydrogen-bond acceptors (Lipinski definition) is 3. The summed E-state index contributed by atoms with van der Waals surface area (Å²) in [6, 6.07) is 52.9. The van der Waals surface area contributed by atoms with Gasteiger partial charge in [0.1, 0.15) is 0 Å². The van der Waals surface area contributed by atoms with Gasteiger partial charge in [0.2, 0.25) is 0 Å². The van der Waals surface area contributed by atoms with Gasteiger partial charge in [0.15, 0.2) is 0 Å². The van der Waals surface area contributed by atoms with Gasteiger partial charge >= 0.3 is 0 Å². The summed E-state index contributed by atoms with van der Waals surface area (Å²) in [5.41, 5.74) is 12.7. The third kappa shape index (κ3) is 4.26. The van der Waals surface area contributed by atoms with E-state index in [1.165, 1.54) is 60.8 Å². The molecule has 1 fully saturated rings. The van der Waals surface area contributed by atoms with E-state index >= 15 is 0 Å². The van der Waals surface area contributed by atoms with E-state index in [0.717, 1.165) is 5.69 Å². The van der Waals surface area contributed by atoms with Crippen LogP contribution in [0.4, 0.5) is 0 Å². The molecule has 1 saturated heterocycles. The maximum atomic E-state index is 3.82. The van der Waals surface area contributed by atoms with Crippen LogP contribution >= 0.6 is 0 Å². The number of aromatic nitrogens is 1. The molecule has 7 aromatic rings. The highest BCUT2D eigenvalue weighted by Gasteiger charge is 2.36. The Morgan fingerprint density at radius 3 is 1.65 bits per heavy atom. The van der Waals surface area contributed by atoms with Gasteiger partial charge in [-0.05, 0) is 69.3 Å². The molecule has 4 heteroatoms. The van der Waals surface area contributed by atoms with Crippen LogP contribution in [0, 0.1) is 0 Å². The number of rotatable bonds is 4. The van der Waals surface area contributed by atoms with Gasteiger partial charge in [-0.25, -0.2) is 0 Å². The van der Waals surface area contributed by atoms with E-state index in [1.54, 1.807) is 0 Å². The summed E-state index contributed by atoms with van der Waals surface area (Å²) in [4.78, 5) is 0. The Morgan fingerprint density at radius 1 is 0.457 bits per heavy atom. The molecular weight excluding hydrogens is 560 g/mol. The molecule has 2 aliphatic rings. The maximum absolute atomic E-state index is 3.82. The van der Waals surface area contributed by atoms with Crippen molar-refractivity contribution in [1.29, 1.82) is 0 Å². The monoisotopic (exact) mass is 596 g/mol. The topological polar surface area (TPSA) is 41.0 Å². The van der Waals surface area contributed by atoms with Crippen molar-refractivity contribution >= 4 is 21.8 Å². The summed E-state index contributed by atoms with van der Waals surface area (Å²) in [5.74, 6) is 0. The van der Waals surface area contributed by atoms with Crippen LogP contribution in [0.1, 0.15) is 60.2 Å². The van der Waals surface area contributed by atoms with Gasteiger partial charge in [0, 0.05) is 21.9 Å². The van der Waals surface area contributed by atoms with Crippen molar-refractivity contribution < 1.29 is 0 Å². The fourth-order valence-electron chi connectivity index (χ4n) is 7.77. The van der Waals surface area contributed by atoms with Crippen LogP contribution in [0.2, 0.25) is 0 Å². The van der Waals surface area contributed by atoms with Crippen molar-refractivity contribution in [2.45, 2.75) is 37.8 Å². The minimum absolute atomic E-state index is 0.00393. The summed E-state index contributed by atoms with van der Waals surface area (Å²) in [6.45, 7) is 4.71. The van der Waals surface area contributed by atoms with E-state index in [1.807, 2.05) is 0 Å². The largest absolute Gasteiger partial charge is 0.309 e. The lowest BCUT2D eigenvalue weighted by molar-refractivity contribution is 0.203. The highest BCUT2D eigenvalue weighted by molar-refractivity contribution is 6.11. The van der Waals surface area contributed by atoms with Crippen molar-refractivity contribution in [2.75, 3.05) is 0 Å². The normalized spacial score (nSPS) is 20.1. The molecule has 2 unspecified atom stereocenters. The Balaban J connectivity index is 1.13. The van der Waals surface area contributed by atoms with Crippen LogP contribution in [0.5, 0.6) is 0 Å². The lowest BCUT2D eigenvalue weighted by Crippen LogP contribution is -2.54. The van der Waals surface area contributed by atoms with E-state index in [4.69, 9.17) is 0 Å². The molecule has 46 heavy (non-hydrogen) atoms. The first-order valence-corrected chi connectivity index (χ1v) is 16.2. The van der Waals surface area contributed by atoms with Crippen molar-refractivity contribution in [1.82, 2.24) is 20.5 Å². The smallest absolute Gasteiger partial charge is 0.0864 e. The lowest BCUT2D eigenvalue weighted by Gasteiger charge is -2.39. The zero-order valence-corrected chi connectivity index (χ0v) is 26.0. The predicted octanol–water partition coefficient (Wildman–Crippen LogP) is 9.27. The van der Waals surface area contributed by atoms with Crippen molar-refractivity contribution in [3.05, 3.63) is 173 Å². The first-order valence-electron chi connectivity index (χ1n) is 16.2. The summed E-state index contributed by atoms with van der Waals surface area (Å²) in [7, 11) is 0. The molecule has 0 saturated carbocycles. The first-order chi connectivity index (χ1) is 22.6. The van der Waals surface area contributed by atoms with E-state index in [-0.39, 0.29) is 23.9 Å². The Labute approximate surface area is 269 Å². The van der Waals surface area contributed by atoms with Crippen LogP contribution in [-0.2, 0) is 5.41 Å². The van der Waals surface area contributed by atoms with Crippen LogP contribution in [-0.4, -0.2) is 4.57 Å². The second kappa shape index (κ2) is 10.5. The lowest BCUT2D eigenvalue weighted by atomic mass is 9.82. The number of hydrogen-bond donors (Lipinski definition) is 3. The Morgan fingerprint density at radius 2 is 1.00 bits per heavy atom. The summed E-state index contributed by atoms with van der Waals surface area (Å²) < 4.78 is 2.44. The molecule has 1 aromatic heterocycles. The third-order valence-electron chi connectivity index (χ3n) is 10.1. The Kier molecular flexibility index (Phi) is 6.26. The number of nitrogens with one attached hydrogen (secondary N) is 3. The Bertz CT molecular complexity index is 2170. The molecular formula is C42H36N4. The molecule has 4 nitrogen and oxygen atoms in total. The van der Waals surface area contributed by atoms with E-state index < -0.39 is 0 Å². The van der Waals surface area contributed by atoms with Crippen LogP contribution in [0.15, 0.2) is 146 Å². The summed E-state index contributed by atoms with van der Waals surface area (Å²) in [6.07, 6.45) is -0.0279. The zero-order chi connectivity index (χ0) is 30.8. The van der Waals surface area contributed by atoms with Gasteiger partial charge in [-0.15, -0.1) is 0 Å². The molecule has 0 spiro atoms. The van der Waals surface area contributed by atoms with Crippen LogP contribution in [0.3, 0.4) is 0 Å². The van der Waals surface area contributed by atoms with Gasteiger partial charge < -0.3 is 4.57 Å². The minimum atomic E-state index is -0.0534. The van der Waals surface area contributed by atoms with E-state index in [9.17, 15) is 0 Å². The van der Waals surface area contributed by atoms with Crippen molar-refractivity contribution in [3.63, 3.8) is 0 Å². The van der Waals surface area contributed by atoms with Gasteiger partial charge in [0.25, 0.3) is 0 Å². The molecule has 0 radical (unpaired) electrons. The molecule has 6 aromatic carbocycles. The SMILES string of the molecule is CC1(C)c2ccccc2-c2cc3c4ccccc4n(-c4ccc(C5NC(c6ccccc6)NC(c6ccccc6)N5)cc4)c3cc21. The standard InChI is InChI=1S/C42H36N4/c1-42(2)35-19-11-9-17-31(35)33-25-34-32-18-10-12-20-37(32)46(38(34)26-36(33)42)30-23-21-29(22-24-30)41-44-39(27-13-5-3-6-14-27)43-40(45-41)28-15-7-4-8-16-28/h3-26,39-41,43-45H,1-2H3. The van der Waals surface area contributed by atoms with Gasteiger partial charge in [-0.3, -0.25) is 16.0 Å². The second-order valence-corrected chi connectivity index (χ2v) is 13.2. The molecule has 1 aliphatic carbocycles. The fraction of sp³-hybridized carbons (Fsp3) is 0.143. The molecule has 224 valence electrons. The average molecular weight is 597 g/mol. The molecule has 1 aliphatic heterocycles. The molecule has 9 rings (SSSR count). The number of para-hydroxylation sites is 1. The molecule has 2 atom stereocenters. The van der Waals surface area contributed by atoms with Gasteiger partial charge in [-0.1, -0.05) is 129 Å².